The zero-order valence-corrected chi connectivity index (χ0v) is 6.13. The lowest BCUT2D eigenvalue weighted by Gasteiger charge is -1.88. The van der Waals surface area contributed by atoms with Crippen LogP contribution in [0, 0.1) is 5.82 Å². The second-order valence-corrected chi connectivity index (χ2v) is 1.45. The molecule has 0 bridgehead atoms. The Morgan fingerprint density at radius 3 is 2.00 bits per heavy atom. The molecule has 0 radical (unpaired) electrons. The largest absolute Gasteiger partial charge is 0.505 e. The zero-order valence-electron chi connectivity index (χ0n) is 6.13. The van der Waals surface area contributed by atoms with Crippen molar-refractivity contribution in [1.82, 2.24) is 0 Å². The second kappa shape index (κ2) is 4.79. The Morgan fingerprint density at radius 2 is 1.70 bits per heavy atom. The summed E-state index contributed by atoms with van der Waals surface area (Å²) in [5.41, 5.74) is 0. The second-order valence-electron chi connectivity index (χ2n) is 1.45. The lowest BCUT2D eigenvalue weighted by Crippen LogP contribution is -1.70. The first kappa shape index (κ1) is 8.95. The number of hydrogen-bond donors (Lipinski definition) is 1. The van der Waals surface area contributed by atoms with Crippen molar-refractivity contribution < 1.29 is 9.50 Å². The van der Waals surface area contributed by atoms with Gasteiger partial charge in [0.1, 0.15) is 0 Å². The first-order chi connectivity index (χ1) is 4.80. The van der Waals surface area contributed by atoms with Gasteiger partial charge in [0.15, 0.2) is 11.6 Å². The minimum Gasteiger partial charge on any atom is -0.505 e. The van der Waals surface area contributed by atoms with Crippen LogP contribution in [0.5, 0.6) is 5.75 Å². The third-order valence-corrected chi connectivity index (χ3v) is 0.852. The highest BCUT2D eigenvalue weighted by atomic mass is 19.1. The molecule has 0 aromatic heterocycles. The van der Waals surface area contributed by atoms with Gasteiger partial charge in [0.05, 0.1) is 0 Å². The van der Waals surface area contributed by atoms with Crippen molar-refractivity contribution in [3.05, 3.63) is 30.1 Å². The van der Waals surface area contributed by atoms with E-state index in [1.165, 1.54) is 18.2 Å². The molecule has 0 unspecified atom stereocenters. The smallest absolute Gasteiger partial charge is 0.164 e. The highest BCUT2D eigenvalue weighted by molar-refractivity contribution is 5.21. The number of para-hydroxylation sites is 1. The van der Waals surface area contributed by atoms with Crippen molar-refractivity contribution in [3.8, 4) is 5.75 Å². The molecular weight excluding hydrogens is 131 g/mol. The van der Waals surface area contributed by atoms with Crippen molar-refractivity contribution in [2.24, 2.45) is 0 Å². The summed E-state index contributed by atoms with van der Waals surface area (Å²) < 4.78 is 12.1. The molecule has 1 N–H and O–H groups in total. The summed E-state index contributed by atoms with van der Waals surface area (Å²) in [6, 6.07) is 5.60. The van der Waals surface area contributed by atoms with Crippen molar-refractivity contribution in [2.45, 2.75) is 13.8 Å². The Kier molecular flexibility index (Phi) is 4.29. The topological polar surface area (TPSA) is 20.2 Å². The molecular formula is C8H11FO. The molecule has 56 valence electrons. The fourth-order valence-corrected chi connectivity index (χ4v) is 0.452. The van der Waals surface area contributed by atoms with E-state index >= 15 is 0 Å². The number of phenols is 1. The van der Waals surface area contributed by atoms with Gasteiger partial charge in [-0.05, 0) is 12.1 Å². The number of hydrogen-bond acceptors (Lipinski definition) is 1. The Balaban J connectivity index is 0.000000371. The van der Waals surface area contributed by atoms with E-state index < -0.39 is 5.82 Å². The SMILES string of the molecule is CC.Oc1ccccc1F. The van der Waals surface area contributed by atoms with Crippen LogP contribution in [-0.4, -0.2) is 5.11 Å². The maximum atomic E-state index is 12.1. The first-order valence-corrected chi connectivity index (χ1v) is 3.24. The lowest BCUT2D eigenvalue weighted by molar-refractivity contribution is 0.432. The van der Waals surface area contributed by atoms with Crippen molar-refractivity contribution in [2.75, 3.05) is 0 Å². The normalized spacial score (nSPS) is 7.90. The average Bonchev–Trinajstić information content (AvgIpc) is 2.00. The van der Waals surface area contributed by atoms with Crippen LogP contribution in [0.4, 0.5) is 4.39 Å². The number of phenolic OH excluding ortho intramolecular Hbond substituents is 1. The molecule has 0 aliphatic heterocycles. The summed E-state index contributed by atoms with van der Waals surface area (Å²) in [5.74, 6) is -0.875. The highest BCUT2D eigenvalue weighted by Crippen LogP contribution is 2.11. The van der Waals surface area contributed by atoms with Gasteiger partial charge < -0.3 is 5.11 Å². The van der Waals surface area contributed by atoms with Crippen molar-refractivity contribution in [3.63, 3.8) is 0 Å². The predicted octanol–water partition coefficient (Wildman–Crippen LogP) is 2.56. The average molecular weight is 142 g/mol. The van der Waals surface area contributed by atoms with Crippen LogP contribution in [0.3, 0.4) is 0 Å². The van der Waals surface area contributed by atoms with Crippen LogP contribution >= 0.6 is 0 Å². The molecule has 2 heteroatoms. The highest BCUT2D eigenvalue weighted by Gasteiger charge is 1.91. The fourth-order valence-electron chi connectivity index (χ4n) is 0.452. The van der Waals surface area contributed by atoms with Gasteiger partial charge in [-0.2, -0.15) is 0 Å². The molecule has 0 spiro atoms. The van der Waals surface area contributed by atoms with Crippen LogP contribution < -0.4 is 0 Å². The molecule has 1 aromatic carbocycles. The van der Waals surface area contributed by atoms with Crippen molar-refractivity contribution in [1.29, 1.82) is 0 Å². The van der Waals surface area contributed by atoms with Crippen LogP contribution in [-0.2, 0) is 0 Å². The third-order valence-electron chi connectivity index (χ3n) is 0.852. The molecule has 0 saturated heterocycles. The maximum absolute atomic E-state index is 12.1. The van der Waals surface area contributed by atoms with Gasteiger partial charge in [-0.25, -0.2) is 4.39 Å². The quantitative estimate of drug-likeness (QED) is 0.590. The standard InChI is InChI=1S/C6H5FO.C2H6/c7-5-3-1-2-4-6(5)8;1-2/h1-4,8H;1-2H3. The predicted molar refractivity (Wildman–Crippen MR) is 39.4 cm³/mol. The van der Waals surface area contributed by atoms with E-state index in [0.29, 0.717) is 0 Å². The third kappa shape index (κ3) is 2.49. The van der Waals surface area contributed by atoms with E-state index in [1.54, 1.807) is 6.07 Å². The van der Waals surface area contributed by atoms with Gasteiger partial charge in [0, 0.05) is 0 Å². The number of aromatic hydroxyl groups is 1. The van der Waals surface area contributed by atoms with E-state index in [-0.39, 0.29) is 5.75 Å². The van der Waals surface area contributed by atoms with Crippen molar-refractivity contribution >= 4 is 0 Å². The van der Waals surface area contributed by atoms with E-state index in [2.05, 4.69) is 0 Å². The summed E-state index contributed by atoms with van der Waals surface area (Å²) >= 11 is 0. The summed E-state index contributed by atoms with van der Waals surface area (Å²) in [6.07, 6.45) is 0. The molecule has 0 aliphatic rings. The molecule has 0 heterocycles. The molecule has 0 saturated carbocycles. The first-order valence-electron chi connectivity index (χ1n) is 3.24. The molecule has 1 rings (SSSR count). The van der Waals surface area contributed by atoms with Crippen LogP contribution in [0.25, 0.3) is 0 Å². The number of rotatable bonds is 0. The summed E-state index contributed by atoms with van der Waals surface area (Å²) in [7, 11) is 0. The van der Waals surface area contributed by atoms with Gasteiger partial charge in [-0.3, -0.25) is 0 Å². The van der Waals surface area contributed by atoms with E-state index in [9.17, 15) is 4.39 Å². The molecule has 0 amide bonds. The summed E-state index contributed by atoms with van der Waals surface area (Å²) in [6.45, 7) is 4.00. The van der Waals surface area contributed by atoms with Crippen LogP contribution in [0.2, 0.25) is 0 Å². The molecule has 1 nitrogen and oxygen atoms in total. The molecule has 0 aliphatic carbocycles. The Bertz CT molecular complexity index is 165. The van der Waals surface area contributed by atoms with Gasteiger partial charge in [-0.15, -0.1) is 0 Å². The Hall–Kier alpha value is -1.05. The molecule has 1 aromatic rings. The van der Waals surface area contributed by atoms with Crippen LogP contribution in [0.15, 0.2) is 24.3 Å². The molecule has 0 atom stereocenters. The van der Waals surface area contributed by atoms with Gasteiger partial charge in [0.25, 0.3) is 0 Å². The summed E-state index contributed by atoms with van der Waals surface area (Å²) in [5, 5.41) is 8.54. The van der Waals surface area contributed by atoms with Gasteiger partial charge in [-0.1, -0.05) is 26.0 Å². The van der Waals surface area contributed by atoms with E-state index in [0.717, 1.165) is 0 Å². The maximum Gasteiger partial charge on any atom is 0.164 e. The monoisotopic (exact) mass is 142 g/mol. The van der Waals surface area contributed by atoms with Crippen LogP contribution in [0.1, 0.15) is 13.8 Å². The number of benzene rings is 1. The lowest BCUT2D eigenvalue weighted by atomic mass is 10.3. The zero-order chi connectivity index (χ0) is 7.98. The Labute approximate surface area is 60.1 Å². The minimum absolute atomic E-state index is 0.299. The minimum atomic E-state index is -0.576. The fraction of sp³-hybridized carbons (Fsp3) is 0.250. The Morgan fingerprint density at radius 1 is 1.20 bits per heavy atom. The number of halogens is 1. The van der Waals surface area contributed by atoms with E-state index in [1.807, 2.05) is 13.8 Å². The van der Waals surface area contributed by atoms with Gasteiger partial charge >= 0.3 is 0 Å². The summed E-state index contributed by atoms with van der Waals surface area (Å²) in [4.78, 5) is 0. The molecule has 10 heavy (non-hydrogen) atoms. The van der Waals surface area contributed by atoms with Gasteiger partial charge in [0.2, 0.25) is 0 Å². The molecule has 0 fully saturated rings. The van der Waals surface area contributed by atoms with E-state index in [4.69, 9.17) is 5.11 Å².